The normalized spacial score (nSPS) is 31.8. The van der Waals surface area contributed by atoms with Gasteiger partial charge in [-0.15, -0.1) is 0 Å². The number of aromatic hydroxyl groups is 1. The van der Waals surface area contributed by atoms with Gasteiger partial charge in [0.1, 0.15) is 11.6 Å². The van der Waals surface area contributed by atoms with E-state index in [1.165, 1.54) is 23.1 Å². The number of likely N-dealkylation sites (tertiary alicyclic amines) is 1. The maximum absolute atomic E-state index is 14.2. The summed E-state index contributed by atoms with van der Waals surface area (Å²) in [6, 6.07) is 10.4. The van der Waals surface area contributed by atoms with Crippen molar-refractivity contribution in [3.63, 3.8) is 0 Å². The summed E-state index contributed by atoms with van der Waals surface area (Å²) in [5.41, 5.74) is 0.165. The second kappa shape index (κ2) is 9.01. The van der Waals surface area contributed by atoms with Crippen molar-refractivity contribution in [3.8, 4) is 5.75 Å². The molecule has 2 aromatic carbocycles. The fourth-order valence-corrected chi connectivity index (χ4v) is 7.65. The molecule has 2 aliphatic carbocycles. The fourth-order valence-electron chi connectivity index (χ4n) is 7.47. The molecule has 9 heteroatoms. The quantitative estimate of drug-likeness (QED) is 0.435. The third kappa shape index (κ3) is 3.46. The third-order valence-electron chi connectivity index (χ3n) is 9.22. The molecule has 2 aromatic rings. The van der Waals surface area contributed by atoms with Crippen LogP contribution in [0.5, 0.6) is 5.75 Å². The van der Waals surface area contributed by atoms with Crippen molar-refractivity contribution in [1.82, 2.24) is 4.90 Å². The molecule has 7 nitrogen and oxygen atoms in total. The summed E-state index contributed by atoms with van der Waals surface area (Å²) in [6.07, 6.45) is 3.15. The van der Waals surface area contributed by atoms with Crippen LogP contribution in [0, 0.1) is 34.9 Å². The van der Waals surface area contributed by atoms with E-state index in [9.17, 15) is 28.7 Å². The number of para-hydroxylation sites is 1. The predicted octanol–water partition coefficient (Wildman–Crippen LogP) is 4.83. The second-order valence-electron chi connectivity index (χ2n) is 11.1. The van der Waals surface area contributed by atoms with Gasteiger partial charge in [0.15, 0.2) is 0 Å². The lowest BCUT2D eigenvalue weighted by Gasteiger charge is -2.49. The van der Waals surface area contributed by atoms with Gasteiger partial charge in [-0.3, -0.25) is 24.1 Å². The average molecular weight is 551 g/mol. The van der Waals surface area contributed by atoms with E-state index in [0.29, 0.717) is 24.9 Å². The van der Waals surface area contributed by atoms with Crippen LogP contribution in [0.3, 0.4) is 0 Å². The van der Waals surface area contributed by atoms with Gasteiger partial charge in [-0.2, -0.15) is 0 Å². The lowest BCUT2D eigenvalue weighted by Crippen LogP contribution is -2.48. The predicted molar refractivity (Wildman–Crippen MR) is 141 cm³/mol. The van der Waals surface area contributed by atoms with Gasteiger partial charge >= 0.3 is 0 Å². The zero-order chi connectivity index (χ0) is 27.8. The average Bonchev–Trinajstić information content (AvgIpc) is 3.27. The number of hydrogen-bond acceptors (Lipinski definition) is 5. The highest BCUT2D eigenvalue weighted by molar-refractivity contribution is 6.31. The minimum absolute atomic E-state index is 0.0175. The molecule has 2 aliphatic heterocycles. The van der Waals surface area contributed by atoms with E-state index < -0.39 is 52.6 Å². The summed E-state index contributed by atoms with van der Waals surface area (Å²) < 4.78 is 13.9. The Morgan fingerprint density at radius 2 is 1.79 bits per heavy atom. The fraction of sp³-hybridized carbons (Fsp3) is 0.400. The van der Waals surface area contributed by atoms with Crippen molar-refractivity contribution in [3.05, 3.63) is 70.5 Å². The van der Waals surface area contributed by atoms with Crippen LogP contribution >= 0.6 is 11.6 Å². The molecule has 6 atom stereocenters. The van der Waals surface area contributed by atoms with Crippen molar-refractivity contribution in [2.45, 2.75) is 39.0 Å². The monoisotopic (exact) mass is 550 g/mol. The van der Waals surface area contributed by atoms with E-state index in [2.05, 4.69) is 0 Å². The van der Waals surface area contributed by atoms with Gasteiger partial charge < -0.3 is 5.11 Å². The molecule has 1 N–H and O–H groups in total. The number of phenolic OH excluding ortho intramolecular Hbond substituents is 1. The smallest absolute Gasteiger partial charge is 0.241 e. The Balaban J connectivity index is 1.52. The number of allylic oxidation sites excluding steroid dienone is 2. The van der Waals surface area contributed by atoms with Crippen molar-refractivity contribution in [1.29, 1.82) is 0 Å². The molecule has 0 radical (unpaired) electrons. The Morgan fingerprint density at radius 3 is 2.49 bits per heavy atom. The number of nitrogens with zero attached hydrogens (tertiary/aromatic N) is 2. The van der Waals surface area contributed by atoms with Gasteiger partial charge in [-0.05, 0) is 56.4 Å². The zero-order valence-corrected chi connectivity index (χ0v) is 22.3. The molecule has 2 heterocycles. The zero-order valence-electron chi connectivity index (χ0n) is 21.6. The molecule has 0 unspecified atom stereocenters. The van der Waals surface area contributed by atoms with Gasteiger partial charge in [0.25, 0.3) is 0 Å². The van der Waals surface area contributed by atoms with Gasteiger partial charge in [-0.1, -0.05) is 48.4 Å². The SMILES string of the molecule is CCCN1C(=O)[C@H]2[C@H](CC=C3[C@H]2C[C@H]2C(=O)N(c4ccc(F)c(Cl)c4)C(=O)[C@@]2(C)[C@H]3c2ccccc2O)C1=O. The number of phenols is 1. The first-order chi connectivity index (χ1) is 18.6. The maximum Gasteiger partial charge on any atom is 0.241 e. The molecule has 0 bridgehead atoms. The van der Waals surface area contributed by atoms with Crippen molar-refractivity contribution < 1.29 is 28.7 Å². The molecular formula is C30H28ClFN2O5. The Morgan fingerprint density at radius 1 is 1.05 bits per heavy atom. The molecule has 202 valence electrons. The number of amides is 4. The number of rotatable bonds is 4. The third-order valence-corrected chi connectivity index (χ3v) is 9.51. The van der Waals surface area contributed by atoms with Crippen LogP contribution in [-0.2, 0) is 19.2 Å². The van der Waals surface area contributed by atoms with E-state index in [0.717, 1.165) is 16.5 Å². The Bertz CT molecular complexity index is 1470. The molecule has 4 amide bonds. The van der Waals surface area contributed by atoms with Crippen LogP contribution in [0.1, 0.15) is 44.6 Å². The van der Waals surface area contributed by atoms with Crippen LogP contribution in [-0.4, -0.2) is 40.2 Å². The van der Waals surface area contributed by atoms with Crippen LogP contribution in [0.15, 0.2) is 54.1 Å². The van der Waals surface area contributed by atoms with E-state index in [1.54, 1.807) is 25.1 Å². The second-order valence-corrected chi connectivity index (χ2v) is 11.6. The molecule has 3 fully saturated rings. The van der Waals surface area contributed by atoms with Crippen LogP contribution < -0.4 is 4.90 Å². The van der Waals surface area contributed by atoms with Gasteiger partial charge in [0.05, 0.1) is 33.9 Å². The molecule has 2 saturated heterocycles. The highest BCUT2D eigenvalue weighted by Gasteiger charge is 2.67. The summed E-state index contributed by atoms with van der Waals surface area (Å²) in [4.78, 5) is 57.4. The van der Waals surface area contributed by atoms with E-state index >= 15 is 0 Å². The first-order valence-corrected chi connectivity index (χ1v) is 13.7. The minimum atomic E-state index is -1.29. The number of imide groups is 2. The number of anilines is 1. The van der Waals surface area contributed by atoms with Gasteiger partial charge in [0.2, 0.25) is 23.6 Å². The largest absolute Gasteiger partial charge is 0.508 e. The lowest BCUT2D eigenvalue weighted by molar-refractivity contribution is -0.140. The lowest BCUT2D eigenvalue weighted by atomic mass is 9.51. The van der Waals surface area contributed by atoms with Crippen molar-refractivity contribution >= 4 is 40.9 Å². The minimum Gasteiger partial charge on any atom is -0.508 e. The van der Waals surface area contributed by atoms with Crippen LogP contribution in [0.25, 0.3) is 0 Å². The number of hydrogen-bond donors (Lipinski definition) is 1. The molecule has 6 rings (SSSR count). The van der Waals surface area contributed by atoms with Crippen LogP contribution in [0.2, 0.25) is 5.02 Å². The Kier molecular flexibility index (Phi) is 5.95. The Labute approximate surface area is 230 Å². The maximum atomic E-state index is 14.2. The molecule has 39 heavy (non-hydrogen) atoms. The number of fused-ring (bicyclic) bond motifs is 4. The summed E-state index contributed by atoms with van der Waals surface area (Å²) in [7, 11) is 0. The van der Waals surface area contributed by atoms with Crippen LogP contribution in [0.4, 0.5) is 10.1 Å². The highest BCUT2D eigenvalue weighted by Crippen LogP contribution is 2.64. The molecule has 1 saturated carbocycles. The summed E-state index contributed by atoms with van der Waals surface area (Å²) in [5, 5.41) is 10.7. The Hall–Kier alpha value is -3.52. The van der Waals surface area contributed by atoms with E-state index in [4.69, 9.17) is 11.6 Å². The molecule has 0 aromatic heterocycles. The van der Waals surface area contributed by atoms with Crippen molar-refractivity contribution in [2.75, 3.05) is 11.4 Å². The topological polar surface area (TPSA) is 95.0 Å². The van der Waals surface area contributed by atoms with Gasteiger partial charge in [0, 0.05) is 18.0 Å². The summed E-state index contributed by atoms with van der Waals surface area (Å²) in [6.45, 7) is 3.98. The standard InChI is InChI=1S/C30H28ClFN2O5/c1-3-12-33-26(36)18-10-9-16-19(24(18)28(33)38)14-20-27(37)34(15-8-11-22(32)21(31)13-15)29(39)30(20,2)25(16)17-6-4-5-7-23(17)35/h4-9,11,13,18-20,24-25,35H,3,10,12,14H2,1-2H3/t18-,19+,20-,24-,25+,30+/m0/s1. The van der Waals surface area contributed by atoms with Gasteiger partial charge in [-0.25, -0.2) is 9.29 Å². The summed E-state index contributed by atoms with van der Waals surface area (Å²) in [5.74, 6) is -5.16. The number of carbonyl (C=O) groups excluding carboxylic acids is 4. The number of halogens is 2. The highest BCUT2D eigenvalue weighted by atomic mass is 35.5. The molecule has 4 aliphatic rings. The number of carbonyl (C=O) groups is 4. The summed E-state index contributed by atoms with van der Waals surface area (Å²) >= 11 is 6.01. The first-order valence-electron chi connectivity index (χ1n) is 13.3. The number of benzene rings is 2. The van der Waals surface area contributed by atoms with Crippen molar-refractivity contribution in [2.24, 2.45) is 29.1 Å². The molecule has 0 spiro atoms. The first kappa shape index (κ1) is 25.7. The van der Waals surface area contributed by atoms with E-state index in [1.807, 2.05) is 13.0 Å². The van der Waals surface area contributed by atoms with E-state index in [-0.39, 0.29) is 34.7 Å². The molecular weight excluding hydrogens is 523 g/mol.